The minimum atomic E-state index is -3.85. The van der Waals surface area contributed by atoms with Gasteiger partial charge >= 0.3 is 0 Å². The maximum atomic E-state index is 12.5. The fraction of sp³-hybridized carbons (Fsp3) is 0.312. The number of unbranched alkanes of at least 4 members (excludes halogenated alkanes) is 1. The zero-order valence-corrected chi connectivity index (χ0v) is 15.1. The molecular weight excluding hydrogens is 350 g/mol. The van der Waals surface area contributed by atoms with Crippen LogP contribution in [-0.4, -0.2) is 27.1 Å². The van der Waals surface area contributed by atoms with Gasteiger partial charge in [0, 0.05) is 11.6 Å². The minimum absolute atomic E-state index is 0.0375. The van der Waals surface area contributed by atoms with Crippen molar-refractivity contribution in [3.8, 4) is 5.75 Å². The van der Waals surface area contributed by atoms with Crippen molar-refractivity contribution in [3.63, 3.8) is 0 Å². The summed E-state index contributed by atoms with van der Waals surface area (Å²) in [6.45, 7) is 2.96. The number of hydrogen-bond donors (Lipinski definition) is 2. The van der Waals surface area contributed by atoms with Crippen molar-refractivity contribution >= 4 is 33.1 Å². The number of halogens is 1. The average molecular weight is 370 g/mol. The van der Waals surface area contributed by atoms with Gasteiger partial charge in [-0.15, -0.1) is 0 Å². The van der Waals surface area contributed by atoms with Crippen LogP contribution < -0.4 is 14.8 Å². The number of pyridine rings is 1. The summed E-state index contributed by atoms with van der Waals surface area (Å²) in [5.74, 6) is 0.433. The molecule has 0 radical (unpaired) electrons. The molecule has 0 bridgehead atoms. The van der Waals surface area contributed by atoms with Crippen molar-refractivity contribution in [2.45, 2.75) is 24.7 Å². The molecule has 0 saturated heterocycles. The van der Waals surface area contributed by atoms with Gasteiger partial charge in [-0.05, 0) is 36.8 Å². The molecule has 2 rings (SSSR count). The van der Waals surface area contributed by atoms with E-state index in [9.17, 15) is 8.42 Å². The zero-order chi connectivity index (χ0) is 17.6. The normalized spacial score (nSPS) is 11.1. The Hall–Kier alpha value is -1.99. The number of rotatable bonds is 8. The quantitative estimate of drug-likeness (QED) is 0.692. The molecule has 24 heavy (non-hydrogen) atoms. The van der Waals surface area contributed by atoms with Crippen LogP contribution in [0.25, 0.3) is 0 Å². The third-order valence-corrected chi connectivity index (χ3v) is 4.89. The van der Waals surface area contributed by atoms with Gasteiger partial charge in [0.15, 0.2) is 0 Å². The number of nitrogens with one attached hydrogen (secondary N) is 2. The average Bonchev–Trinajstić information content (AvgIpc) is 2.56. The second-order valence-corrected chi connectivity index (χ2v) is 7.20. The fourth-order valence-corrected chi connectivity index (χ4v) is 3.46. The number of anilines is 2. The smallest absolute Gasteiger partial charge is 0.266 e. The van der Waals surface area contributed by atoms with Gasteiger partial charge in [-0.25, -0.2) is 13.4 Å². The summed E-state index contributed by atoms with van der Waals surface area (Å²) in [7, 11) is -2.45. The van der Waals surface area contributed by atoms with E-state index in [1.54, 1.807) is 24.4 Å². The van der Waals surface area contributed by atoms with Gasteiger partial charge in [0.25, 0.3) is 10.0 Å². The summed E-state index contributed by atoms with van der Waals surface area (Å²) < 4.78 is 32.6. The molecule has 1 aromatic heterocycles. The Kier molecular flexibility index (Phi) is 6.28. The van der Waals surface area contributed by atoms with E-state index >= 15 is 0 Å². The van der Waals surface area contributed by atoms with Crippen molar-refractivity contribution in [2.24, 2.45) is 0 Å². The lowest BCUT2D eigenvalue weighted by molar-refractivity contribution is 0.403. The maximum Gasteiger partial charge on any atom is 0.266 e. The van der Waals surface area contributed by atoms with Crippen LogP contribution in [0.2, 0.25) is 5.02 Å². The summed E-state index contributed by atoms with van der Waals surface area (Å²) in [6, 6.07) is 7.78. The molecule has 0 spiro atoms. The summed E-state index contributed by atoms with van der Waals surface area (Å²) in [5, 5.41) is 3.52. The Balaban J connectivity index is 2.16. The summed E-state index contributed by atoms with van der Waals surface area (Å²) in [4.78, 5) is 4.08. The molecule has 0 amide bonds. The zero-order valence-electron chi connectivity index (χ0n) is 13.5. The highest BCUT2D eigenvalue weighted by atomic mass is 35.5. The lowest BCUT2D eigenvalue weighted by Gasteiger charge is -2.12. The van der Waals surface area contributed by atoms with Crippen molar-refractivity contribution in [1.29, 1.82) is 0 Å². The monoisotopic (exact) mass is 369 g/mol. The highest BCUT2D eigenvalue weighted by Gasteiger charge is 2.20. The van der Waals surface area contributed by atoms with Crippen LogP contribution >= 0.6 is 11.6 Å². The highest BCUT2D eigenvalue weighted by molar-refractivity contribution is 7.92. The van der Waals surface area contributed by atoms with Gasteiger partial charge in [-0.1, -0.05) is 24.9 Å². The van der Waals surface area contributed by atoms with Crippen LogP contribution in [-0.2, 0) is 10.0 Å². The molecule has 1 heterocycles. The van der Waals surface area contributed by atoms with E-state index < -0.39 is 10.0 Å². The number of benzene rings is 1. The molecule has 0 aliphatic carbocycles. The van der Waals surface area contributed by atoms with E-state index in [4.69, 9.17) is 16.3 Å². The molecule has 2 aromatic rings. The first kappa shape index (κ1) is 18.4. The van der Waals surface area contributed by atoms with E-state index in [-0.39, 0.29) is 16.5 Å². The van der Waals surface area contributed by atoms with Gasteiger partial charge in [-0.3, -0.25) is 4.72 Å². The molecule has 2 N–H and O–H groups in total. The minimum Gasteiger partial charge on any atom is -0.495 e. The molecule has 0 unspecified atom stereocenters. The number of nitrogens with zero attached hydrogens (tertiary/aromatic N) is 1. The predicted octanol–water partition coefficient (Wildman–Crippen LogP) is 3.76. The predicted molar refractivity (Wildman–Crippen MR) is 96.4 cm³/mol. The fourth-order valence-electron chi connectivity index (χ4n) is 2.02. The lowest BCUT2D eigenvalue weighted by Crippen LogP contribution is -2.15. The first-order valence-corrected chi connectivity index (χ1v) is 9.38. The van der Waals surface area contributed by atoms with Crippen molar-refractivity contribution in [3.05, 3.63) is 41.6 Å². The van der Waals surface area contributed by atoms with Crippen LogP contribution in [0.1, 0.15) is 19.8 Å². The van der Waals surface area contributed by atoms with Gasteiger partial charge in [0.05, 0.1) is 19.0 Å². The molecule has 0 atom stereocenters. The van der Waals surface area contributed by atoms with Gasteiger partial charge in [-0.2, -0.15) is 0 Å². The molecule has 0 aliphatic rings. The van der Waals surface area contributed by atoms with Crippen LogP contribution in [0.3, 0.4) is 0 Å². The largest absolute Gasteiger partial charge is 0.495 e. The maximum absolute atomic E-state index is 12.5. The van der Waals surface area contributed by atoms with E-state index in [1.807, 2.05) is 0 Å². The van der Waals surface area contributed by atoms with Crippen LogP contribution in [0, 0.1) is 0 Å². The van der Waals surface area contributed by atoms with E-state index in [1.165, 1.54) is 19.2 Å². The third-order valence-electron chi connectivity index (χ3n) is 3.28. The van der Waals surface area contributed by atoms with Gasteiger partial charge in [0.2, 0.25) is 0 Å². The van der Waals surface area contributed by atoms with Crippen molar-refractivity contribution in [1.82, 2.24) is 4.98 Å². The molecular formula is C16H20ClN3O3S. The second kappa shape index (κ2) is 8.21. The Morgan fingerprint density at radius 3 is 2.67 bits per heavy atom. The molecule has 0 saturated carbocycles. The lowest BCUT2D eigenvalue weighted by atomic mass is 10.3. The molecule has 130 valence electrons. The molecule has 6 nitrogen and oxygen atoms in total. The highest BCUT2D eigenvalue weighted by Crippen LogP contribution is 2.28. The Morgan fingerprint density at radius 1 is 1.25 bits per heavy atom. The van der Waals surface area contributed by atoms with E-state index in [0.717, 1.165) is 25.1 Å². The molecule has 0 aliphatic heterocycles. The molecule has 8 heteroatoms. The van der Waals surface area contributed by atoms with Crippen LogP contribution in [0.5, 0.6) is 5.75 Å². The summed E-state index contributed by atoms with van der Waals surface area (Å²) in [5.41, 5.74) is 0.840. The third kappa shape index (κ3) is 4.75. The van der Waals surface area contributed by atoms with Crippen molar-refractivity contribution < 1.29 is 13.2 Å². The molecule has 1 aromatic carbocycles. The Morgan fingerprint density at radius 2 is 2.04 bits per heavy atom. The Bertz CT molecular complexity index is 780. The number of hydrogen-bond acceptors (Lipinski definition) is 5. The Labute approximate surface area is 147 Å². The van der Waals surface area contributed by atoms with E-state index in [2.05, 4.69) is 21.9 Å². The summed E-state index contributed by atoms with van der Waals surface area (Å²) in [6.07, 6.45) is 3.74. The molecule has 0 fully saturated rings. The standard InChI is InChI=1S/C16H20ClN3O3S/c1-3-4-9-18-13-6-8-16(19-11-13)20-24(21,22)15-10-12(17)5-7-14(15)23-2/h5-8,10-11,18H,3-4,9H2,1-2H3,(H,19,20). The van der Waals surface area contributed by atoms with Crippen molar-refractivity contribution in [2.75, 3.05) is 23.7 Å². The van der Waals surface area contributed by atoms with Crippen LogP contribution in [0.4, 0.5) is 11.5 Å². The number of sulfonamides is 1. The van der Waals surface area contributed by atoms with Gasteiger partial charge < -0.3 is 10.1 Å². The second-order valence-electron chi connectivity index (χ2n) is 5.11. The SMILES string of the molecule is CCCCNc1ccc(NS(=O)(=O)c2cc(Cl)ccc2OC)nc1. The first-order valence-electron chi connectivity index (χ1n) is 7.52. The topological polar surface area (TPSA) is 80.3 Å². The van der Waals surface area contributed by atoms with Gasteiger partial charge in [0.1, 0.15) is 16.5 Å². The number of ether oxygens (including phenoxy) is 1. The first-order chi connectivity index (χ1) is 11.5. The van der Waals surface area contributed by atoms with Crippen LogP contribution in [0.15, 0.2) is 41.4 Å². The van der Waals surface area contributed by atoms with E-state index in [0.29, 0.717) is 5.02 Å². The number of methoxy groups -OCH3 is 1. The number of aromatic nitrogens is 1. The summed E-state index contributed by atoms with van der Waals surface area (Å²) >= 11 is 5.89.